The largest absolute Gasteiger partial charge is 0.396 e. The van der Waals surface area contributed by atoms with E-state index in [1.54, 1.807) is 6.07 Å². The summed E-state index contributed by atoms with van der Waals surface area (Å²) in [6, 6.07) is 5.89. The standard InChI is InChI=1S/C9H6BrF3O/c10-7-3-1-2-6(4-7)8(14)5-9(11,12)13/h1-4H,5H2. The van der Waals surface area contributed by atoms with E-state index in [-0.39, 0.29) is 5.56 Å². The average Bonchev–Trinajstić information content (AvgIpc) is 2.01. The minimum absolute atomic E-state index is 0.0664. The SMILES string of the molecule is O=C(CC(F)(F)F)c1cccc(Br)c1. The number of alkyl halides is 3. The quantitative estimate of drug-likeness (QED) is 0.748. The summed E-state index contributed by atoms with van der Waals surface area (Å²) >= 11 is 3.08. The van der Waals surface area contributed by atoms with E-state index in [9.17, 15) is 18.0 Å². The number of carbonyl (C=O) groups excluding carboxylic acids is 1. The summed E-state index contributed by atoms with van der Waals surface area (Å²) in [6.45, 7) is 0. The zero-order valence-corrected chi connectivity index (χ0v) is 8.52. The molecule has 0 aliphatic heterocycles. The molecule has 0 N–H and O–H groups in total. The highest BCUT2D eigenvalue weighted by Gasteiger charge is 2.31. The topological polar surface area (TPSA) is 17.1 Å². The zero-order chi connectivity index (χ0) is 10.8. The molecule has 0 aromatic heterocycles. The molecule has 0 bridgehead atoms. The first-order valence-corrected chi connectivity index (χ1v) is 4.53. The Morgan fingerprint density at radius 1 is 1.36 bits per heavy atom. The fourth-order valence-electron chi connectivity index (χ4n) is 0.946. The van der Waals surface area contributed by atoms with E-state index in [4.69, 9.17) is 0 Å². The van der Waals surface area contributed by atoms with Gasteiger partial charge in [-0.15, -0.1) is 0 Å². The molecule has 5 heteroatoms. The van der Waals surface area contributed by atoms with Gasteiger partial charge in [0.05, 0.1) is 0 Å². The first kappa shape index (κ1) is 11.2. The highest BCUT2D eigenvalue weighted by molar-refractivity contribution is 9.10. The third-order valence-corrected chi connectivity index (χ3v) is 2.00. The molecule has 0 heterocycles. The van der Waals surface area contributed by atoms with Crippen LogP contribution in [0.4, 0.5) is 13.2 Å². The summed E-state index contributed by atoms with van der Waals surface area (Å²) in [5.74, 6) is -0.918. The number of rotatable bonds is 2. The molecule has 0 aliphatic rings. The molecule has 0 spiro atoms. The van der Waals surface area contributed by atoms with E-state index >= 15 is 0 Å². The molecule has 0 radical (unpaired) electrons. The number of benzene rings is 1. The Balaban J connectivity index is 2.80. The summed E-state index contributed by atoms with van der Waals surface area (Å²) in [5.41, 5.74) is 0.0664. The molecule has 0 fully saturated rings. The Hall–Kier alpha value is -0.840. The highest BCUT2D eigenvalue weighted by Crippen LogP contribution is 2.23. The van der Waals surface area contributed by atoms with Gasteiger partial charge in [-0.1, -0.05) is 28.1 Å². The third kappa shape index (κ3) is 3.49. The normalized spacial score (nSPS) is 11.4. The van der Waals surface area contributed by atoms with Gasteiger partial charge in [0.2, 0.25) is 0 Å². The summed E-state index contributed by atoms with van der Waals surface area (Å²) in [4.78, 5) is 11.1. The van der Waals surface area contributed by atoms with Crippen LogP contribution in [0.15, 0.2) is 28.7 Å². The van der Waals surface area contributed by atoms with Crippen molar-refractivity contribution in [1.29, 1.82) is 0 Å². The second-order valence-electron chi connectivity index (χ2n) is 2.73. The third-order valence-electron chi connectivity index (χ3n) is 1.51. The number of hydrogen-bond acceptors (Lipinski definition) is 1. The van der Waals surface area contributed by atoms with Gasteiger partial charge in [-0.3, -0.25) is 4.79 Å². The average molecular weight is 267 g/mol. The van der Waals surface area contributed by atoms with E-state index in [0.29, 0.717) is 4.47 Å². The predicted molar refractivity (Wildman–Crippen MR) is 49.1 cm³/mol. The Morgan fingerprint density at radius 2 is 2.00 bits per heavy atom. The van der Waals surface area contributed by atoms with Crippen molar-refractivity contribution in [2.75, 3.05) is 0 Å². The minimum atomic E-state index is -4.45. The highest BCUT2D eigenvalue weighted by atomic mass is 79.9. The molecule has 1 nitrogen and oxygen atoms in total. The summed E-state index contributed by atoms with van der Waals surface area (Å²) < 4.78 is 36.2. The first-order chi connectivity index (χ1) is 6.38. The van der Waals surface area contributed by atoms with Crippen LogP contribution in [-0.4, -0.2) is 12.0 Å². The van der Waals surface area contributed by atoms with Gasteiger partial charge in [0, 0.05) is 10.0 Å². The lowest BCUT2D eigenvalue weighted by molar-refractivity contribution is -0.125. The van der Waals surface area contributed by atoms with Crippen LogP contribution in [0.25, 0.3) is 0 Å². The van der Waals surface area contributed by atoms with Crippen LogP contribution in [0, 0.1) is 0 Å². The number of carbonyl (C=O) groups is 1. The van der Waals surface area contributed by atoms with Gasteiger partial charge >= 0.3 is 6.18 Å². The Bertz CT molecular complexity index is 346. The lowest BCUT2D eigenvalue weighted by Gasteiger charge is -2.05. The number of halogens is 4. The Morgan fingerprint density at radius 3 is 2.50 bits per heavy atom. The van der Waals surface area contributed by atoms with Crippen molar-refractivity contribution >= 4 is 21.7 Å². The van der Waals surface area contributed by atoms with Gasteiger partial charge in [0.15, 0.2) is 5.78 Å². The van der Waals surface area contributed by atoms with Gasteiger partial charge < -0.3 is 0 Å². The molecular formula is C9H6BrF3O. The number of hydrogen-bond donors (Lipinski definition) is 0. The summed E-state index contributed by atoms with van der Waals surface area (Å²) in [5, 5.41) is 0. The van der Waals surface area contributed by atoms with Crippen LogP contribution in [0.1, 0.15) is 16.8 Å². The van der Waals surface area contributed by atoms with Crippen LogP contribution in [-0.2, 0) is 0 Å². The molecule has 1 aromatic rings. The molecule has 1 rings (SSSR count). The van der Waals surface area contributed by atoms with Gasteiger partial charge in [-0.05, 0) is 12.1 Å². The molecule has 0 aliphatic carbocycles. The predicted octanol–water partition coefficient (Wildman–Crippen LogP) is 3.58. The van der Waals surface area contributed by atoms with E-state index in [0.717, 1.165) is 0 Å². The van der Waals surface area contributed by atoms with Crippen LogP contribution in [0.5, 0.6) is 0 Å². The van der Waals surface area contributed by atoms with Crippen molar-refractivity contribution in [3.05, 3.63) is 34.3 Å². The van der Waals surface area contributed by atoms with Crippen molar-refractivity contribution in [2.45, 2.75) is 12.6 Å². The fourth-order valence-corrected chi connectivity index (χ4v) is 1.35. The van der Waals surface area contributed by atoms with Crippen LogP contribution < -0.4 is 0 Å². The van der Waals surface area contributed by atoms with E-state index in [1.165, 1.54) is 18.2 Å². The molecule has 1 aromatic carbocycles. The van der Waals surface area contributed by atoms with Crippen molar-refractivity contribution in [2.24, 2.45) is 0 Å². The maximum atomic E-state index is 11.9. The number of ketones is 1. The zero-order valence-electron chi connectivity index (χ0n) is 6.94. The van der Waals surface area contributed by atoms with Gasteiger partial charge in [-0.25, -0.2) is 0 Å². The summed E-state index contributed by atoms with van der Waals surface area (Å²) in [6.07, 6.45) is -5.86. The van der Waals surface area contributed by atoms with Gasteiger partial charge in [-0.2, -0.15) is 13.2 Å². The van der Waals surface area contributed by atoms with E-state index in [1.807, 2.05) is 0 Å². The second kappa shape index (κ2) is 4.13. The monoisotopic (exact) mass is 266 g/mol. The lowest BCUT2D eigenvalue weighted by Crippen LogP contribution is -2.14. The van der Waals surface area contributed by atoms with Crippen molar-refractivity contribution in [1.82, 2.24) is 0 Å². The van der Waals surface area contributed by atoms with Gasteiger partial charge in [0.1, 0.15) is 6.42 Å². The first-order valence-electron chi connectivity index (χ1n) is 3.74. The van der Waals surface area contributed by atoms with Crippen molar-refractivity contribution < 1.29 is 18.0 Å². The van der Waals surface area contributed by atoms with Crippen LogP contribution in [0.2, 0.25) is 0 Å². The molecule has 0 amide bonds. The molecule has 0 saturated carbocycles. The molecule has 76 valence electrons. The fraction of sp³-hybridized carbons (Fsp3) is 0.222. The van der Waals surface area contributed by atoms with E-state index < -0.39 is 18.4 Å². The van der Waals surface area contributed by atoms with Crippen molar-refractivity contribution in [3.63, 3.8) is 0 Å². The van der Waals surface area contributed by atoms with Gasteiger partial charge in [0.25, 0.3) is 0 Å². The van der Waals surface area contributed by atoms with Crippen LogP contribution >= 0.6 is 15.9 Å². The van der Waals surface area contributed by atoms with Crippen molar-refractivity contribution in [3.8, 4) is 0 Å². The second-order valence-corrected chi connectivity index (χ2v) is 3.64. The van der Waals surface area contributed by atoms with Crippen LogP contribution in [0.3, 0.4) is 0 Å². The molecule has 14 heavy (non-hydrogen) atoms. The number of Topliss-reactive ketones (excluding diaryl/α,β-unsaturated/α-hetero) is 1. The molecule has 0 atom stereocenters. The molecule has 0 unspecified atom stereocenters. The smallest absolute Gasteiger partial charge is 0.294 e. The Labute approximate surface area is 87.1 Å². The summed E-state index contributed by atoms with van der Waals surface area (Å²) in [7, 11) is 0. The molecular weight excluding hydrogens is 261 g/mol. The minimum Gasteiger partial charge on any atom is -0.294 e. The maximum absolute atomic E-state index is 11.9. The Kier molecular flexibility index (Phi) is 3.31. The van der Waals surface area contributed by atoms with E-state index in [2.05, 4.69) is 15.9 Å². The maximum Gasteiger partial charge on any atom is 0.396 e. The lowest BCUT2D eigenvalue weighted by atomic mass is 10.1. The molecule has 0 saturated heterocycles.